The molecule has 2 rings (SSSR count). The second-order valence-electron chi connectivity index (χ2n) is 3.66. The van der Waals surface area contributed by atoms with E-state index >= 15 is 0 Å². The molecule has 0 fully saturated rings. The Morgan fingerprint density at radius 2 is 1.63 bits per heavy atom. The summed E-state index contributed by atoms with van der Waals surface area (Å²) in [7, 11) is 0. The van der Waals surface area contributed by atoms with Gasteiger partial charge in [-0.3, -0.25) is 10.9 Å². The average molecular weight is 280 g/mol. The lowest BCUT2D eigenvalue weighted by atomic mass is 10.3. The largest absolute Gasteiger partial charge is 0.337 e. The lowest BCUT2D eigenvalue weighted by molar-refractivity contribution is 0.253. The summed E-state index contributed by atoms with van der Waals surface area (Å²) in [6.07, 6.45) is 0. The Bertz CT molecular complexity index is 592. The molecule has 0 saturated heterocycles. The van der Waals surface area contributed by atoms with Crippen LogP contribution in [0.1, 0.15) is 0 Å². The van der Waals surface area contributed by atoms with Gasteiger partial charge in [-0.05, 0) is 24.3 Å². The molecule has 0 aliphatic heterocycles. The third-order valence-corrected chi connectivity index (χ3v) is 2.64. The van der Waals surface area contributed by atoms with Gasteiger partial charge in [-0.25, -0.2) is 9.18 Å². The van der Waals surface area contributed by atoms with Gasteiger partial charge in [0.1, 0.15) is 5.82 Å². The van der Waals surface area contributed by atoms with E-state index in [2.05, 4.69) is 16.2 Å². The molecule has 98 valence electrons. The standard InChI is InChI=1S/C13H11ClFN3O/c14-9-5-1-3-7-11(9)17-18-13(19)16-12-8-4-2-6-10(12)15/h1-8,17H,(H2,16,18,19). The van der Waals surface area contributed by atoms with E-state index < -0.39 is 11.8 Å². The Morgan fingerprint density at radius 3 is 2.32 bits per heavy atom. The van der Waals surface area contributed by atoms with Crippen LogP contribution >= 0.6 is 11.6 Å². The number of hydrazine groups is 1. The Balaban J connectivity index is 1.92. The third-order valence-electron chi connectivity index (χ3n) is 2.31. The first-order valence-electron chi connectivity index (χ1n) is 5.49. The van der Waals surface area contributed by atoms with E-state index in [1.807, 2.05) is 0 Å². The van der Waals surface area contributed by atoms with Gasteiger partial charge in [-0.1, -0.05) is 35.9 Å². The van der Waals surface area contributed by atoms with Crippen molar-refractivity contribution in [1.82, 2.24) is 5.43 Å². The highest BCUT2D eigenvalue weighted by Gasteiger charge is 2.05. The van der Waals surface area contributed by atoms with Crippen molar-refractivity contribution in [3.8, 4) is 0 Å². The van der Waals surface area contributed by atoms with Gasteiger partial charge in [0, 0.05) is 0 Å². The summed E-state index contributed by atoms with van der Waals surface area (Å²) in [5.41, 5.74) is 5.65. The van der Waals surface area contributed by atoms with Gasteiger partial charge in [-0.2, -0.15) is 0 Å². The maximum Gasteiger partial charge on any atom is 0.337 e. The molecule has 2 aromatic carbocycles. The van der Waals surface area contributed by atoms with Crippen molar-refractivity contribution in [2.24, 2.45) is 0 Å². The van der Waals surface area contributed by atoms with Crippen LogP contribution in [0, 0.1) is 5.82 Å². The second-order valence-corrected chi connectivity index (χ2v) is 4.07. The molecule has 0 bridgehead atoms. The van der Waals surface area contributed by atoms with Crippen LogP contribution in [0.5, 0.6) is 0 Å². The highest BCUT2D eigenvalue weighted by atomic mass is 35.5. The normalized spacial score (nSPS) is 9.79. The van der Waals surface area contributed by atoms with Gasteiger partial charge in [0.2, 0.25) is 0 Å². The van der Waals surface area contributed by atoms with Gasteiger partial charge < -0.3 is 5.32 Å². The number of urea groups is 1. The number of nitrogens with one attached hydrogen (secondary N) is 3. The van der Waals surface area contributed by atoms with Crippen molar-refractivity contribution in [2.75, 3.05) is 10.7 Å². The maximum atomic E-state index is 13.3. The molecule has 0 radical (unpaired) electrons. The van der Waals surface area contributed by atoms with Crippen molar-refractivity contribution in [2.45, 2.75) is 0 Å². The fourth-order valence-electron chi connectivity index (χ4n) is 1.40. The fourth-order valence-corrected chi connectivity index (χ4v) is 1.59. The number of halogens is 2. The van der Waals surface area contributed by atoms with Crippen LogP contribution in [0.2, 0.25) is 5.02 Å². The molecule has 2 aromatic rings. The van der Waals surface area contributed by atoms with E-state index in [-0.39, 0.29) is 5.69 Å². The molecule has 3 N–H and O–H groups in total. The molecule has 2 amide bonds. The monoisotopic (exact) mass is 279 g/mol. The summed E-state index contributed by atoms with van der Waals surface area (Å²) in [5, 5.41) is 2.84. The van der Waals surface area contributed by atoms with E-state index in [0.29, 0.717) is 10.7 Å². The summed E-state index contributed by atoms with van der Waals surface area (Å²) in [5.74, 6) is -0.504. The highest BCUT2D eigenvalue weighted by Crippen LogP contribution is 2.19. The third kappa shape index (κ3) is 3.59. The topological polar surface area (TPSA) is 53.2 Å². The smallest absolute Gasteiger partial charge is 0.304 e. The predicted molar refractivity (Wildman–Crippen MR) is 73.6 cm³/mol. The number of amides is 2. The van der Waals surface area contributed by atoms with Gasteiger partial charge in [0.05, 0.1) is 16.4 Å². The summed E-state index contributed by atoms with van der Waals surface area (Å²) in [6.45, 7) is 0. The van der Waals surface area contributed by atoms with Crippen LogP contribution < -0.4 is 16.2 Å². The van der Waals surface area contributed by atoms with Crippen LogP contribution in [0.3, 0.4) is 0 Å². The first-order chi connectivity index (χ1) is 9.16. The first kappa shape index (κ1) is 13.2. The molecule has 0 heterocycles. The first-order valence-corrected chi connectivity index (χ1v) is 5.86. The van der Waals surface area contributed by atoms with Crippen LogP contribution in [-0.4, -0.2) is 6.03 Å². The number of carbonyl (C=O) groups excluding carboxylic acids is 1. The number of anilines is 2. The van der Waals surface area contributed by atoms with Crippen LogP contribution in [-0.2, 0) is 0 Å². The summed E-state index contributed by atoms with van der Waals surface area (Å²) < 4.78 is 13.3. The molecule has 0 aliphatic carbocycles. The molecule has 6 heteroatoms. The summed E-state index contributed by atoms with van der Waals surface area (Å²) in [6, 6.07) is 12.2. The van der Waals surface area contributed by atoms with E-state index in [0.717, 1.165) is 0 Å². The van der Waals surface area contributed by atoms with Crippen molar-refractivity contribution >= 4 is 29.0 Å². The molecule has 0 atom stereocenters. The molecule has 0 aliphatic rings. The zero-order valence-electron chi connectivity index (χ0n) is 9.78. The van der Waals surface area contributed by atoms with E-state index in [1.54, 1.807) is 36.4 Å². The average Bonchev–Trinajstić information content (AvgIpc) is 2.40. The second kappa shape index (κ2) is 6.06. The minimum atomic E-state index is -0.593. The summed E-state index contributed by atoms with van der Waals surface area (Å²) in [4.78, 5) is 11.6. The van der Waals surface area contributed by atoms with E-state index in [1.165, 1.54) is 12.1 Å². The molecule has 4 nitrogen and oxygen atoms in total. The highest BCUT2D eigenvalue weighted by molar-refractivity contribution is 6.33. The Hall–Kier alpha value is -2.27. The zero-order chi connectivity index (χ0) is 13.7. The SMILES string of the molecule is O=C(NNc1ccccc1Cl)Nc1ccccc1F. The Morgan fingerprint density at radius 1 is 1.00 bits per heavy atom. The quantitative estimate of drug-likeness (QED) is 0.752. The Labute approximate surface area is 114 Å². The van der Waals surface area contributed by atoms with Gasteiger partial charge >= 0.3 is 6.03 Å². The molecule has 0 spiro atoms. The number of benzene rings is 2. The van der Waals surface area contributed by atoms with E-state index in [9.17, 15) is 9.18 Å². The van der Waals surface area contributed by atoms with Crippen LogP contribution in [0.4, 0.5) is 20.6 Å². The minimum Gasteiger partial charge on any atom is -0.304 e. The molecule has 0 unspecified atom stereocenters. The number of carbonyl (C=O) groups is 1. The van der Waals surface area contributed by atoms with Gasteiger partial charge in [0.25, 0.3) is 0 Å². The molecule has 19 heavy (non-hydrogen) atoms. The zero-order valence-corrected chi connectivity index (χ0v) is 10.5. The van der Waals surface area contributed by atoms with Crippen molar-refractivity contribution in [1.29, 1.82) is 0 Å². The molecule has 0 saturated carbocycles. The van der Waals surface area contributed by atoms with Crippen LogP contribution in [0.15, 0.2) is 48.5 Å². The molecule has 0 aromatic heterocycles. The lowest BCUT2D eigenvalue weighted by Gasteiger charge is -2.11. The lowest BCUT2D eigenvalue weighted by Crippen LogP contribution is -2.33. The molecular formula is C13H11ClFN3O. The van der Waals surface area contributed by atoms with Gasteiger partial charge in [0.15, 0.2) is 0 Å². The maximum absolute atomic E-state index is 13.3. The number of rotatable bonds is 3. The predicted octanol–water partition coefficient (Wildman–Crippen LogP) is 3.63. The van der Waals surface area contributed by atoms with Crippen molar-refractivity contribution in [3.05, 3.63) is 59.4 Å². The summed E-state index contributed by atoms with van der Waals surface area (Å²) >= 11 is 5.90. The number of hydrogen-bond donors (Lipinski definition) is 3. The number of hydrogen-bond acceptors (Lipinski definition) is 2. The Kier molecular flexibility index (Phi) is 4.20. The van der Waals surface area contributed by atoms with Crippen molar-refractivity contribution < 1.29 is 9.18 Å². The van der Waals surface area contributed by atoms with Crippen LogP contribution in [0.25, 0.3) is 0 Å². The number of para-hydroxylation sites is 2. The van der Waals surface area contributed by atoms with Gasteiger partial charge in [-0.15, -0.1) is 0 Å². The van der Waals surface area contributed by atoms with Crippen molar-refractivity contribution in [3.63, 3.8) is 0 Å². The fraction of sp³-hybridized carbons (Fsp3) is 0. The molecular weight excluding hydrogens is 269 g/mol. The minimum absolute atomic E-state index is 0.0981. The van der Waals surface area contributed by atoms with E-state index in [4.69, 9.17) is 11.6 Å².